The van der Waals surface area contributed by atoms with Crippen LogP contribution in [0.5, 0.6) is 0 Å². The summed E-state index contributed by atoms with van der Waals surface area (Å²) in [7, 11) is 0. The van der Waals surface area contributed by atoms with Gasteiger partial charge in [0.05, 0.1) is 0 Å². The van der Waals surface area contributed by atoms with Crippen LogP contribution in [0.4, 0.5) is 4.39 Å². The quantitative estimate of drug-likeness (QED) is 0.943. The third-order valence-electron chi connectivity index (χ3n) is 4.49. The van der Waals surface area contributed by atoms with Gasteiger partial charge in [0, 0.05) is 18.0 Å². The van der Waals surface area contributed by atoms with Gasteiger partial charge in [-0.3, -0.25) is 4.79 Å². The summed E-state index contributed by atoms with van der Waals surface area (Å²) in [5.41, 5.74) is 1.39. The molecule has 0 amide bonds. The number of nitrogens with zero attached hydrogens (tertiary/aromatic N) is 2. The lowest BCUT2D eigenvalue weighted by atomic mass is 9.78. The highest BCUT2D eigenvalue weighted by atomic mass is 19.1. The summed E-state index contributed by atoms with van der Waals surface area (Å²) in [6.07, 6.45) is 6.12. The van der Waals surface area contributed by atoms with Gasteiger partial charge in [-0.2, -0.15) is 0 Å². The van der Waals surface area contributed by atoms with Gasteiger partial charge in [0.25, 0.3) is 0 Å². The molecular formula is C18H17FN2O2. The van der Waals surface area contributed by atoms with Crippen molar-refractivity contribution in [3.63, 3.8) is 0 Å². The molecule has 1 aromatic carbocycles. The Kier molecular flexibility index (Phi) is 3.72. The van der Waals surface area contributed by atoms with E-state index in [9.17, 15) is 14.3 Å². The number of carbonyl (C=O) groups is 1. The molecular weight excluding hydrogens is 295 g/mol. The molecule has 1 aliphatic rings. The fourth-order valence-corrected chi connectivity index (χ4v) is 3.15. The molecule has 2 aromatic rings. The molecule has 0 saturated heterocycles. The number of benzene rings is 1. The van der Waals surface area contributed by atoms with Crippen molar-refractivity contribution < 1.29 is 14.3 Å². The third kappa shape index (κ3) is 2.52. The minimum Gasteiger partial charge on any atom is -0.480 e. The van der Waals surface area contributed by atoms with Crippen molar-refractivity contribution in [1.82, 2.24) is 9.97 Å². The van der Waals surface area contributed by atoms with E-state index in [2.05, 4.69) is 9.97 Å². The number of aliphatic carboxylic acids is 1. The lowest BCUT2D eigenvalue weighted by molar-refractivity contribution is -0.141. The number of hydrogen-bond acceptors (Lipinski definition) is 3. The molecule has 0 radical (unpaired) electrons. The Morgan fingerprint density at radius 3 is 2.61 bits per heavy atom. The highest BCUT2D eigenvalue weighted by Gasteiger charge is 2.43. The minimum absolute atomic E-state index is 0.382. The summed E-state index contributed by atoms with van der Waals surface area (Å²) in [6, 6.07) is 4.60. The SMILES string of the molecule is Cc1ncc(C2=CC(C(=O)O)(c3cccc(F)c3C)CC2)cn1. The zero-order valence-electron chi connectivity index (χ0n) is 13.0. The number of carboxylic acid groups (broad SMARTS) is 1. The van der Waals surface area contributed by atoms with Crippen LogP contribution >= 0.6 is 0 Å². The van der Waals surface area contributed by atoms with Crippen molar-refractivity contribution in [2.24, 2.45) is 0 Å². The fraction of sp³-hybridized carbons (Fsp3) is 0.278. The van der Waals surface area contributed by atoms with Crippen molar-refractivity contribution in [3.8, 4) is 0 Å². The van der Waals surface area contributed by atoms with Gasteiger partial charge in [0.15, 0.2) is 0 Å². The Labute approximate surface area is 133 Å². The Morgan fingerprint density at radius 2 is 1.96 bits per heavy atom. The molecule has 1 aromatic heterocycles. The van der Waals surface area contributed by atoms with Gasteiger partial charge in [-0.25, -0.2) is 14.4 Å². The molecule has 1 N–H and O–H groups in total. The summed E-state index contributed by atoms with van der Waals surface area (Å²) in [5, 5.41) is 9.84. The van der Waals surface area contributed by atoms with Gasteiger partial charge >= 0.3 is 5.97 Å². The van der Waals surface area contributed by atoms with Crippen LogP contribution in [0.3, 0.4) is 0 Å². The van der Waals surface area contributed by atoms with Gasteiger partial charge < -0.3 is 5.11 Å². The van der Waals surface area contributed by atoms with Crippen molar-refractivity contribution >= 4 is 11.5 Å². The molecule has 0 bridgehead atoms. The van der Waals surface area contributed by atoms with Crippen molar-refractivity contribution in [3.05, 3.63) is 65.0 Å². The maximum atomic E-state index is 13.9. The number of rotatable bonds is 3. The first-order valence-corrected chi connectivity index (χ1v) is 7.44. The summed E-state index contributed by atoms with van der Waals surface area (Å²) < 4.78 is 13.9. The van der Waals surface area contributed by atoms with Crippen LogP contribution < -0.4 is 0 Å². The van der Waals surface area contributed by atoms with E-state index in [4.69, 9.17) is 0 Å². The molecule has 118 valence electrons. The van der Waals surface area contributed by atoms with Crippen LogP contribution in [0.25, 0.3) is 5.57 Å². The van der Waals surface area contributed by atoms with E-state index in [1.165, 1.54) is 6.07 Å². The zero-order valence-corrected chi connectivity index (χ0v) is 13.0. The molecule has 1 unspecified atom stereocenters. The molecule has 3 rings (SSSR count). The zero-order chi connectivity index (χ0) is 16.6. The van der Waals surface area contributed by atoms with E-state index in [0.717, 1.165) is 11.1 Å². The van der Waals surface area contributed by atoms with Crippen LogP contribution in [-0.2, 0) is 10.2 Å². The second-order valence-corrected chi connectivity index (χ2v) is 5.88. The van der Waals surface area contributed by atoms with E-state index in [1.54, 1.807) is 44.4 Å². The average Bonchev–Trinajstić information content (AvgIpc) is 2.97. The normalized spacial score (nSPS) is 20.4. The predicted molar refractivity (Wildman–Crippen MR) is 84.4 cm³/mol. The number of hydrogen-bond donors (Lipinski definition) is 1. The predicted octanol–water partition coefficient (Wildman–Crippen LogP) is 3.43. The first-order valence-electron chi connectivity index (χ1n) is 7.44. The molecule has 1 atom stereocenters. The number of aromatic nitrogens is 2. The van der Waals surface area contributed by atoms with Crippen LogP contribution in [0.2, 0.25) is 0 Å². The lowest BCUT2D eigenvalue weighted by Gasteiger charge is -2.24. The fourth-order valence-electron chi connectivity index (χ4n) is 3.15. The summed E-state index contributed by atoms with van der Waals surface area (Å²) in [4.78, 5) is 20.3. The second kappa shape index (κ2) is 5.57. The van der Waals surface area contributed by atoms with Crippen LogP contribution in [0, 0.1) is 19.7 Å². The average molecular weight is 312 g/mol. The Balaban J connectivity index is 2.12. The molecule has 23 heavy (non-hydrogen) atoms. The lowest BCUT2D eigenvalue weighted by Crippen LogP contribution is -2.32. The minimum atomic E-state index is -1.20. The molecule has 1 heterocycles. The largest absolute Gasteiger partial charge is 0.480 e. The Hall–Kier alpha value is -2.56. The molecule has 1 aliphatic carbocycles. The van der Waals surface area contributed by atoms with Gasteiger partial charge in [-0.05, 0) is 49.5 Å². The van der Waals surface area contributed by atoms with Gasteiger partial charge in [0.1, 0.15) is 17.1 Å². The number of allylic oxidation sites excluding steroid dienone is 1. The molecule has 0 saturated carbocycles. The van der Waals surface area contributed by atoms with Gasteiger partial charge in [0.2, 0.25) is 0 Å². The smallest absolute Gasteiger partial charge is 0.318 e. The van der Waals surface area contributed by atoms with E-state index in [-0.39, 0.29) is 5.82 Å². The van der Waals surface area contributed by atoms with E-state index in [1.807, 2.05) is 0 Å². The Bertz CT molecular complexity index is 799. The topological polar surface area (TPSA) is 63.1 Å². The number of aryl methyl sites for hydroxylation is 1. The van der Waals surface area contributed by atoms with Crippen LogP contribution in [0.1, 0.15) is 35.4 Å². The molecule has 4 nitrogen and oxygen atoms in total. The van der Waals surface area contributed by atoms with Gasteiger partial charge in [-0.1, -0.05) is 18.2 Å². The maximum Gasteiger partial charge on any atom is 0.318 e. The number of halogens is 1. The van der Waals surface area contributed by atoms with Crippen molar-refractivity contribution in [2.75, 3.05) is 0 Å². The highest BCUT2D eigenvalue weighted by Crippen LogP contribution is 2.44. The molecule has 5 heteroatoms. The summed E-state index contributed by atoms with van der Waals surface area (Å²) >= 11 is 0. The second-order valence-electron chi connectivity index (χ2n) is 5.88. The van der Waals surface area contributed by atoms with Gasteiger partial charge in [-0.15, -0.1) is 0 Å². The van der Waals surface area contributed by atoms with Crippen molar-refractivity contribution in [1.29, 1.82) is 0 Å². The van der Waals surface area contributed by atoms with E-state index >= 15 is 0 Å². The Morgan fingerprint density at radius 1 is 1.26 bits per heavy atom. The number of carboxylic acids is 1. The van der Waals surface area contributed by atoms with Crippen molar-refractivity contribution in [2.45, 2.75) is 32.1 Å². The first kappa shape index (κ1) is 15.3. The van der Waals surface area contributed by atoms with Crippen LogP contribution in [0.15, 0.2) is 36.7 Å². The summed E-state index contributed by atoms with van der Waals surface area (Å²) in [5.74, 6) is -0.685. The van der Waals surface area contributed by atoms with E-state index in [0.29, 0.717) is 29.8 Å². The molecule has 0 aliphatic heterocycles. The first-order chi connectivity index (χ1) is 10.9. The maximum absolute atomic E-state index is 13.9. The molecule has 0 spiro atoms. The van der Waals surface area contributed by atoms with Crippen LogP contribution in [-0.4, -0.2) is 21.0 Å². The third-order valence-corrected chi connectivity index (χ3v) is 4.49. The molecule has 0 fully saturated rings. The standard InChI is InChI=1S/C18H17FN2O2/c1-11-15(4-3-5-16(11)19)18(17(22)23)7-6-13(8-18)14-9-20-12(2)21-10-14/h3-5,8-10H,6-7H2,1-2H3,(H,22,23). The summed E-state index contributed by atoms with van der Waals surface area (Å²) in [6.45, 7) is 3.42. The monoisotopic (exact) mass is 312 g/mol. The highest BCUT2D eigenvalue weighted by molar-refractivity contribution is 5.90. The van der Waals surface area contributed by atoms with E-state index < -0.39 is 11.4 Å².